The first-order chi connectivity index (χ1) is 3.83. The molecule has 1 aliphatic heterocycles. The first-order valence-electron chi connectivity index (χ1n) is 3.10. The van der Waals surface area contributed by atoms with Crippen LogP contribution in [0, 0.1) is 0 Å². The van der Waals surface area contributed by atoms with Crippen molar-refractivity contribution in [3.63, 3.8) is 0 Å². The topological polar surface area (TPSA) is 18.5 Å². The van der Waals surface area contributed by atoms with Crippen molar-refractivity contribution in [1.29, 1.82) is 0 Å². The first kappa shape index (κ1) is 6.05. The lowest BCUT2D eigenvalue weighted by molar-refractivity contribution is -0.0557. The molecule has 1 rings (SSSR count). The van der Waals surface area contributed by atoms with E-state index in [1.165, 1.54) is 0 Å². The smallest absolute Gasteiger partial charge is 0.157 e. The standard InChI is InChI=1S/C6H12O2/c1-3-6-7-4-5(2)8-6/h5-6H,3-4H2,1-2H3/t5-,6-/m1/s1. The predicted molar refractivity (Wildman–Crippen MR) is 30.6 cm³/mol. The zero-order valence-corrected chi connectivity index (χ0v) is 5.39. The summed E-state index contributed by atoms with van der Waals surface area (Å²) in [5.74, 6) is 0. The van der Waals surface area contributed by atoms with E-state index in [1.54, 1.807) is 0 Å². The van der Waals surface area contributed by atoms with Crippen LogP contribution >= 0.6 is 0 Å². The van der Waals surface area contributed by atoms with Gasteiger partial charge in [0.2, 0.25) is 0 Å². The van der Waals surface area contributed by atoms with Gasteiger partial charge in [0.1, 0.15) is 0 Å². The SMILES string of the molecule is CC[C@@H]1OC[C@@H](C)O1. The fourth-order valence-corrected chi connectivity index (χ4v) is 0.795. The molecule has 0 unspecified atom stereocenters. The van der Waals surface area contributed by atoms with E-state index in [0.717, 1.165) is 13.0 Å². The second kappa shape index (κ2) is 2.46. The molecule has 2 atom stereocenters. The average molecular weight is 116 g/mol. The molecule has 1 saturated heterocycles. The molecule has 48 valence electrons. The van der Waals surface area contributed by atoms with Crippen molar-refractivity contribution >= 4 is 0 Å². The highest BCUT2D eigenvalue weighted by molar-refractivity contribution is 4.57. The van der Waals surface area contributed by atoms with Crippen LogP contribution in [0.15, 0.2) is 0 Å². The van der Waals surface area contributed by atoms with E-state index >= 15 is 0 Å². The Balaban J connectivity index is 2.22. The van der Waals surface area contributed by atoms with Crippen molar-refractivity contribution in [3.05, 3.63) is 0 Å². The Morgan fingerprint density at radius 1 is 1.62 bits per heavy atom. The molecular formula is C6H12O2. The van der Waals surface area contributed by atoms with Crippen LogP contribution in [0.1, 0.15) is 20.3 Å². The van der Waals surface area contributed by atoms with Gasteiger partial charge in [-0.25, -0.2) is 0 Å². The minimum atomic E-state index is 0.0741. The summed E-state index contributed by atoms with van der Waals surface area (Å²) < 4.78 is 10.5. The summed E-state index contributed by atoms with van der Waals surface area (Å²) in [5.41, 5.74) is 0. The molecular weight excluding hydrogens is 104 g/mol. The Labute approximate surface area is 49.8 Å². The summed E-state index contributed by atoms with van der Waals surface area (Å²) in [6.45, 7) is 4.84. The van der Waals surface area contributed by atoms with Crippen LogP contribution in [0.25, 0.3) is 0 Å². The van der Waals surface area contributed by atoms with Crippen molar-refractivity contribution in [2.24, 2.45) is 0 Å². The third-order valence-electron chi connectivity index (χ3n) is 1.23. The normalized spacial score (nSPS) is 38.2. The average Bonchev–Trinajstić information content (AvgIpc) is 2.14. The van der Waals surface area contributed by atoms with E-state index in [-0.39, 0.29) is 6.29 Å². The third kappa shape index (κ3) is 1.20. The van der Waals surface area contributed by atoms with Crippen molar-refractivity contribution < 1.29 is 9.47 Å². The van der Waals surface area contributed by atoms with E-state index in [4.69, 9.17) is 9.47 Å². The molecule has 0 aromatic carbocycles. The van der Waals surface area contributed by atoms with Gasteiger partial charge in [-0.2, -0.15) is 0 Å². The zero-order valence-electron chi connectivity index (χ0n) is 5.39. The molecule has 0 spiro atoms. The van der Waals surface area contributed by atoms with Gasteiger partial charge in [-0.05, 0) is 13.3 Å². The maximum atomic E-state index is 5.29. The van der Waals surface area contributed by atoms with Crippen LogP contribution in [-0.2, 0) is 9.47 Å². The summed E-state index contributed by atoms with van der Waals surface area (Å²) in [6.07, 6.45) is 1.34. The van der Waals surface area contributed by atoms with Gasteiger partial charge in [-0.1, -0.05) is 6.92 Å². The van der Waals surface area contributed by atoms with Gasteiger partial charge in [0.25, 0.3) is 0 Å². The molecule has 1 heterocycles. The molecule has 0 aliphatic carbocycles. The maximum Gasteiger partial charge on any atom is 0.157 e. The highest BCUT2D eigenvalue weighted by atomic mass is 16.7. The van der Waals surface area contributed by atoms with Gasteiger partial charge in [-0.3, -0.25) is 0 Å². The Morgan fingerprint density at radius 3 is 2.62 bits per heavy atom. The summed E-state index contributed by atoms with van der Waals surface area (Å²) in [7, 11) is 0. The molecule has 0 radical (unpaired) electrons. The second-order valence-corrected chi connectivity index (χ2v) is 2.12. The lowest BCUT2D eigenvalue weighted by atomic mass is 10.4. The summed E-state index contributed by atoms with van der Waals surface area (Å²) in [6, 6.07) is 0. The fourth-order valence-electron chi connectivity index (χ4n) is 0.795. The summed E-state index contributed by atoms with van der Waals surface area (Å²) >= 11 is 0. The van der Waals surface area contributed by atoms with E-state index in [9.17, 15) is 0 Å². The summed E-state index contributed by atoms with van der Waals surface area (Å²) in [4.78, 5) is 0. The Hall–Kier alpha value is -0.0800. The number of rotatable bonds is 1. The molecule has 0 N–H and O–H groups in total. The Kier molecular flexibility index (Phi) is 1.86. The van der Waals surface area contributed by atoms with E-state index in [1.807, 2.05) is 6.92 Å². The molecule has 8 heavy (non-hydrogen) atoms. The molecule has 1 aliphatic rings. The molecule has 0 aromatic heterocycles. The van der Waals surface area contributed by atoms with Gasteiger partial charge in [-0.15, -0.1) is 0 Å². The predicted octanol–water partition coefficient (Wildman–Crippen LogP) is 1.16. The Bertz CT molecular complexity index is 72.9. The van der Waals surface area contributed by atoms with E-state index in [2.05, 4.69) is 6.92 Å². The monoisotopic (exact) mass is 116 g/mol. The van der Waals surface area contributed by atoms with E-state index in [0.29, 0.717) is 6.10 Å². The van der Waals surface area contributed by atoms with Gasteiger partial charge in [0.15, 0.2) is 6.29 Å². The molecule has 2 heteroatoms. The third-order valence-corrected chi connectivity index (χ3v) is 1.23. The minimum Gasteiger partial charge on any atom is -0.350 e. The minimum absolute atomic E-state index is 0.0741. The number of hydrogen-bond acceptors (Lipinski definition) is 2. The van der Waals surface area contributed by atoms with Crippen LogP contribution in [0.4, 0.5) is 0 Å². The van der Waals surface area contributed by atoms with Crippen molar-refractivity contribution in [2.45, 2.75) is 32.7 Å². The van der Waals surface area contributed by atoms with Gasteiger partial charge >= 0.3 is 0 Å². The second-order valence-electron chi connectivity index (χ2n) is 2.12. The molecule has 0 amide bonds. The lowest BCUT2D eigenvalue weighted by Gasteiger charge is -2.03. The molecule has 2 nitrogen and oxygen atoms in total. The molecule has 0 aromatic rings. The number of ether oxygens (including phenoxy) is 2. The van der Waals surface area contributed by atoms with Crippen LogP contribution in [0.2, 0.25) is 0 Å². The van der Waals surface area contributed by atoms with E-state index < -0.39 is 0 Å². The van der Waals surface area contributed by atoms with Gasteiger partial charge < -0.3 is 9.47 Å². The zero-order chi connectivity index (χ0) is 5.98. The lowest BCUT2D eigenvalue weighted by Crippen LogP contribution is -2.06. The Morgan fingerprint density at radius 2 is 2.38 bits per heavy atom. The number of hydrogen-bond donors (Lipinski definition) is 0. The van der Waals surface area contributed by atoms with Crippen LogP contribution in [0.3, 0.4) is 0 Å². The maximum absolute atomic E-state index is 5.29. The summed E-state index contributed by atoms with van der Waals surface area (Å²) in [5, 5.41) is 0. The van der Waals surface area contributed by atoms with Crippen molar-refractivity contribution in [2.75, 3.05) is 6.61 Å². The van der Waals surface area contributed by atoms with Gasteiger partial charge in [0.05, 0.1) is 12.7 Å². The molecule has 0 bridgehead atoms. The largest absolute Gasteiger partial charge is 0.350 e. The molecule has 1 fully saturated rings. The van der Waals surface area contributed by atoms with Crippen LogP contribution in [-0.4, -0.2) is 19.0 Å². The quantitative estimate of drug-likeness (QED) is 0.511. The highest BCUT2D eigenvalue weighted by Crippen LogP contribution is 2.12. The van der Waals surface area contributed by atoms with Crippen molar-refractivity contribution in [3.8, 4) is 0 Å². The van der Waals surface area contributed by atoms with Crippen LogP contribution in [0.5, 0.6) is 0 Å². The van der Waals surface area contributed by atoms with Crippen molar-refractivity contribution in [1.82, 2.24) is 0 Å². The molecule has 0 saturated carbocycles. The first-order valence-corrected chi connectivity index (χ1v) is 3.10. The van der Waals surface area contributed by atoms with Gasteiger partial charge in [0, 0.05) is 0 Å². The van der Waals surface area contributed by atoms with Crippen LogP contribution < -0.4 is 0 Å². The fraction of sp³-hybridized carbons (Fsp3) is 1.00. The highest BCUT2D eigenvalue weighted by Gasteiger charge is 2.19.